The number of nitrogens with one attached hydrogen (secondary N) is 1. The summed E-state index contributed by atoms with van der Waals surface area (Å²) >= 11 is 0. The van der Waals surface area contributed by atoms with Crippen LogP contribution in [0.25, 0.3) is 0 Å². The average molecular weight is 345 g/mol. The minimum absolute atomic E-state index is 0.0566. The third kappa shape index (κ3) is 5.39. The molecule has 130 valence electrons. The van der Waals surface area contributed by atoms with Crippen LogP contribution in [0.5, 0.6) is 0 Å². The summed E-state index contributed by atoms with van der Waals surface area (Å²) in [6, 6.07) is 12.1. The second kappa shape index (κ2) is 7.89. The van der Waals surface area contributed by atoms with Gasteiger partial charge in [-0.05, 0) is 41.8 Å². The van der Waals surface area contributed by atoms with E-state index in [1.807, 2.05) is 12.1 Å². The molecule has 2 nitrogen and oxygen atoms in total. The van der Waals surface area contributed by atoms with Gasteiger partial charge in [0.05, 0.1) is 12.1 Å². The first kappa shape index (κ1) is 18.6. The van der Waals surface area contributed by atoms with Crippen molar-refractivity contribution in [2.75, 3.05) is 6.54 Å². The van der Waals surface area contributed by atoms with E-state index in [0.29, 0.717) is 11.5 Å². The van der Waals surface area contributed by atoms with Crippen molar-refractivity contribution in [3.05, 3.63) is 70.8 Å². The highest BCUT2D eigenvalue weighted by atomic mass is 19.4. The standard InChI is InChI=1S/C20H18F3NO/c1-14(2)16-8-10-17(11-9-16)19(25)24-12-4-6-15-5-3-7-18(13-15)20(21,22)23/h3,5,7-11,13-14H,12H2,1-2H3,(H,24,25). The summed E-state index contributed by atoms with van der Waals surface area (Å²) in [6.07, 6.45) is -4.39. The van der Waals surface area contributed by atoms with E-state index in [0.717, 1.165) is 17.7 Å². The fourth-order valence-corrected chi connectivity index (χ4v) is 2.17. The van der Waals surface area contributed by atoms with E-state index in [1.165, 1.54) is 12.1 Å². The lowest BCUT2D eigenvalue weighted by Gasteiger charge is -2.06. The van der Waals surface area contributed by atoms with Crippen molar-refractivity contribution in [2.24, 2.45) is 0 Å². The molecule has 0 unspecified atom stereocenters. The maximum Gasteiger partial charge on any atom is 0.416 e. The summed E-state index contributed by atoms with van der Waals surface area (Å²) in [6.45, 7) is 4.19. The Bertz CT molecular complexity index is 796. The smallest absolute Gasteiger partial charge is 0.341 e. The Hall–Kier alpha value is -2.74. The van der Waals surface area contributed by atoms with Gasteiger partial charge in [-0.1, -0.05) is 43.9 Å². The monoisotopic (exact) mass is 345 g/mol. The molecule has 0 fully saturated rings. The lowest BCUT2D eigenvalue weighted by atomic mass is 10.0. The number of carbonyl (C=O) groups excluding carboxylic acids is 1. The Kier molecular flexibility index (Phi) is 5.87. The van der Waals surface area contributed by atoms with Crippen molar-refractivity contribution < 1.29 is 18.0 Å². The molecular formula is C20H18F3NO. The van der Waals surface area contributed by atoms with Gasteiger partial charge in [-0.15, -0.1) is 0 Å². The van der Waals surface area contributed by atoms with Gasteiger partial charge >= 0.3 is 6.18 Å². The second-order valence-electron chi connectivity index (χ2n) is 5.84. The molecular weight excluding hydrogens is 327 g/mol. The molecule has 25 heavy (non-hydrogen) atoms. The van der Waals surface area contributed by atoms with Gasteiger partial charge < -0.3 is 5.32 Å². The Balaban J connectivity index is 1.95. The van der Waals surface area contributed by atoms with Crippen molar-refractivity contribution in [3.63, 3.8) is 0 Å². The van der Waals surface area contributed by atoms with Gasteiger partial charge in [0, 0.05) is 11.1 Å². The normalized spacial score (nSPS) is 11.0. The number of hydrogen-bond acceptors (Lipinski definition) is 1. The van der Waals surface area contributed by atoms with Crippen molar-refractivity contribution in [3.8, 4) is 11.8 Å². The van der Waals surface area contributed by atoms with Crippen molar-refractivity contribution >= 4 is 5.91 Å². The summed E-state index contributed by atoms with van der Waals surface area (Å²) < 4.78 is 37.9. The number of rotatable bonds is 3. The first-order valence-corrected chi connectivity index (χ1v) is 7.81. The molecule has 5 heteroatoms. The highest BCUT2D eigenvalue weighted by molar-refractivity contribution is 5.94. The summed E-state index contributed by atoms with van der Waals surface area (Å²) in [5.41, 5.74) is 1.17. The fourth-order valence-electron chi connectivity index (χ4n) is 2.17. The third-order valence-electron chi connectivity index (χ3n) is 3.60. The molecule has 0 heterocycles. The van der Waals surface area contributed by atoms with E-state index in [-0.39, 0.29) is 18.0 Å². The zero-order chi connectivity index (χ0) is 18.4. The van der Waals surface area contributed by atoms with Crippen LogP contribution in [0.3, 0.4) is 0 Å². The Morgan fingerprint density at radius 2 is 1.80 bits per heavy atom. The minimum atomic E-state index is -4.39. The highest BCUT2D eigenvalue weighted by Gasteiger charge is 2.30. The fraction of sp³-hybridized carbons (Fsp3) is 0.250. The lowest BCUT2D eigenvalue weighted by molar-refractivity contribution is -0.137. The number of hydrogen-bond donors (Lipinski definition) is 1. The lowest BCUT2D eigenvalue weighted by Crippen LogP contribution is -2.23. The molecule has 0 atom stereocenters. The predicted octanol–water partition coefficient (Wildman–Crippen LogP) is 4.61. The van der Waals surface area contributed by atoms with Crippen molar-refractivity contribution in [1.82, 2.24) is 5.32 Å². The molecule has 0 aliphatic rings. The van der Waals surface area contributed by atoms with Gasteiger partial charge in [-0.2, -0.15) is 13.2 Å². The summed E-state index contributed by atoms with van der Waals surface area (Å²) in [7, 11) is 0. The number of halogens is 3. The van der Waals surface area contributed by atoms with Gasteiger partial charge in [-0.3, -0.25) is 4.79 Å². The van der Waals surface area contributed by atoms with E-state index in [2.05, 4.69) is 31.0 Å². The van der Waals surface area contributed by atoms with E-state index in [9.17, 15) is 18.0 Å². The quantitative estimate of drug-likeness (QED) is 0.809. The van der Waals surface area contributed by atoms with E-state index < -0.39 is 11.7 Å². The molecule has 0 aromatic heterocycles. The van der Waals surface area contributed by atoms with Crippen molar-refractivity contribution in [1.29, 1.82) is 0 Å². The van der Waals surface area contributed by atoms with Crippen LogP contribution >= 0.6 is 0 Å². The summed E-state index contributed by atoms with van der Waals surface area (Å²) in [4.78, 5) is 12.0. The zero-order valence-electron chi connectivity index (χ0n) is 13.9. The summed E-state index contributed by atoms with van der Waals surface area (Å²) in [5, 5.41) is 2.63. The largest absolute Gasteiger partial charge is 0.416 e. The van der Waals surface area contributed by atoms with Crippen LogP contribution in [-0.2, 0) is 6.18 Å². The van der Waals surface area contributed by atoms with Gasteiger partial charge in [0.2, 0.25) is 0 Å². The number of benzene rings is 2. The van der Waals surface area contributed by atoms with Gasteiger partial charge in [0.1, 0.15) is 0 Å². The van der Waals surface area contributed by atoms with Crippen LogP contribution < -0.4 is 5.32 Å². The van der Waals surface area contributed by atoms with Gasteiger partial charge in [0.15, 0.2) is 0 Å². The average Bonchev–Trinajstić information content (AvgIpc) is 2.58. The maximum absolute atomic E-state index is 12.6. The molecule has 1 amide bonds. The Labute approximate surface area is 145 Å². The van der Waals surface area contributed by atoms with E-state index in [1.54, 1.807) is 12.1 Å². The van der Waals surface area contributed by atoms with Gasteiger partial charge in [0.25, 0.3) is 5.91 Å². The molecule has 0 radical (unpaired) electrons. The van der Waals surface area contributed by atoms with Crippen LogP contribution in [0.4, 0.5) is 13.2 Å². The van der Waals surface area contributed by atoms with Gasteiger partial charge in [-0.25, -0.2) is 0 Å². The SMILES string of the molecule is CC(C)c1ccc(C(=O)NCC#Cc2cccc(C(F)(F)F)c2)cc1. The number of carbonyl (C=O) groups is 1. The molecule has 2 aromatic carbocycles. The maximum atomic E-state index is 12.6. The number of amides is 1. The van der Waals surface area contributed by atoms with E-state index >= 15 is 0 Å². The van der Waals surface area contributed by atoms with Crippen LogP contribution in [-0.4, -0.2) is 12.5 Å². The molecule has 0 spiro atoms. The number of alkyl halides is 3. The van der Waals surface area contributed by atoms with Crippen LogP contribution in [0.2, 0.25) is 0 Å². The minimum Gasteiger partial charge on any atom is -0.341 e. The van der Waals surface area contributed by atoms with E-state index in [4.69, 9.17) is 0 Å². The highest BCUT2D eigenvalue weighted by Crippen LogP contribution is 2.29. The molecule has 0 bridgehead atoms. The van der Waals surface area contributed by atoms with Crippen LogP contribution in [0.15, 0.2) is 48.5 Å². The molecule has 0 aliphatic heterocycles. The first-order valence-electron chi connectivity index (χ1n) is 7.81. The molecule has 2 aromatic rings. The van der Waals surface area contributed by atoms with Crippen LogP contribution in [0.1, 0.15) is 46.8 Å². The zero-order valence-corrected chi connectivity index (χ0v) is 13.9. The molecule has 1 N–H and O–H groups in total. The predicted molar refractivity (Wildman–Crippen MR) is 91.2 cm³/mol. The first-order chi connectivity index (χ1) is 11.8. The van der Waals surface area contributed by atoms with Crippen molar-refractivity contribution in [2.45, 2.75) is 25.9 Å². The molecule has 0 saturated carbocycles. The Morgan fingerprint density at radius 3 is 2.40 bits per heavy atom. The topological polar surface area (TPSA) is 29.1 Å². The van der Waals surface area contributed by atoms with Crippen LogP contribution in [0, 0.1) is 11.8 Å². The second-order valence-corrected chi connectivity index (χ2v) is 5.84. The third-order valence-corrected chi connectivity index (χ3v) is 3.60. The molecule has 2 rings (SSSR count). The summed E-state index contributed by atoms with van der Waals surface area (Å²) in [5.74, 6) is 5.40. The molecule has 0 saturated heterocycles. The Morgan fingerprint density at radius 1 is 1.12 bits per heavy atom. The molecule has 0 aliphatic carbocycles.